The van der Waals surface area contributed by atoms with Gasteiger partial charge in [-0.3, -0.25) is 4.79 Å². The zero-order valence-corrected chi connectivity index (χ0v) is 13.7. The van der Waals surface area contributed by atoms with Crippen molar-refractivity contribution in [3.63, 3.8) is 0 Å². The third-order valence-corrected chi connectivity index (χ3v) is 3.35. The molecule has 4 nitrogen and oxygen atoms in total. The molecule has 2 aromatic rings. The maximum absolute atomic E-state index is 12.2. The summed E-state index contributed by atoms with van der Waals surface area (Å²) in [4.78, 5) is 16.1. The van der Waals surface area contributed by atoms with Crippen LogP contribution in [0.3, 0.4) is 0 Å². The van der Waals surface area contributed by atoms with Gasteiger partial charge in [-0.15, -0.1) is 0 Å². The highest BCUT2D eigenvalue weighted by Gasteiger charge is 2.12. The molecule has 0 saturated heterocycles. The normalized spacial score (nSPS) is 10.2. The van der Waals surface area contributed by atoms with Crippen LogP contribution in [0.2, 0.25) is 5.15 Å². The second kappa shape index (κ2) is 7.43. The molecule has 21 heavy (non-hydrogen) atoms. The Hall–Kier alpha value is -1.59. The molecular formula is C15H14BrClN2O2. The topological polar surface area (TPSA) is 51.2 Å². The molecule has 0 aliphatic carbocycles. The maximum atomic E-state index is 12.2. The SMILES string of the molecule is CCCOc1cccc(NC(=O)c2cc(Br)cnc2Cl)c1. The van der Waals surface area contributed by atoms with Gasteiger partial charge in [0, 0.05) is 22.4 Å². The Balaban J connectivity index is 2.14. The lowest BCUT2D eigenvalue weighted by molar-refractivity contribution is 0.102. The van der Waals surface area contributed by atoms with E-state index >= 15 is 0 Å². The number of nitrogens with one attached hydrogen (secondary N) is 1. The fraction of sp³-hybridized carbons (Fsp3) is 0.200. The molecule has 0 saturated carbocycles. The average Bonchev–Trinajstić information content (AvgIpc) is 2.48. The first-order valence-corrected chi connectivity index (χ1v) is 7.62. The second-order valence-electron chi connectivity index (χ2n) is 4.32. The Morgan fingerprint density at radius 1 is 1.43 bits per heavy atom. The smallest absolute Gasteiger partial charge is 0.258 e. The summed E-state index contributed by atoms with van der Waals surface area (Å²) in [5, 5.41) is 2.94. The number of rotatable bonds is 5. The van der Waals surface area contributed by atoms with Gasteiger partial charge in [-0.2, -0.15) is 0 Å². The van der Waals surface area contributed by atoms with E-state index in [0.717, 1.165) is 6.42 Å². The van der Waals surface area contributed by atoms with Crippen LogP contribution < -0.4 is 10.1 Å². The molecular weight excluding hydrogens is 356 g/mol. The number of hydrogen-bond donors (Lipinski definition) is 1. The van der Waals surface area contributed by atoms with Gasteiger partial charge < -0.3 is 10.1 Å². The monoisotopic (exact) mass is 368 g/mol. The van der Waals surface area contributed by atoms with Crippen molar-refractivity contribution < 1.29 is 9.53 Å². The number of nitrogens with zero attached hydrogens (tertiary/aromatic N) is 1. The van der Waals surface area contributed by atoms with Crippen molar-refractivity contribution in [2.45, 2.75) is 13.3 Å². The highest BCUT2D eigenvalue weighted by Crippen LogP contribution is 2.21. The molecule has 1 heterocycles. The summed E-state index contributed by atoms with van der Waals surface area (Å²) in [5.41, 5.74) is 0.954. The van der Waals surface area contributed by atoms with Gasteiger partial charge in [-0.1, -0.05) is 24.6 Å². The lowest BCUT2D eigenvalue weighted by Gasteiger charge is -2.09. The summed E-state index contributed by atoms with van der Waals surface area (Å²) in [5.74, 6) is 0.398. The van der Waals surface area contributed by atoms with Gasteiger partial charge in [0.2, 0.25) is 0 Å². The summed E-state index contributed by atoms with van der Waals surface area (Å²) >= 11 is 9.21. The van der Waals surface area contributed by atoms with Crippen LogP contribution >= 0.6 is 27.5 Å². The van der Waals surface area contributed by atoms with Crippen LogP contribution in [0, 0.1) is 0 Å². The molecule has 0 fully saturated rings. The highest BCUT2D eigenvalue weighted by molar-refractivity contribution is 9.10. The Morgan fingerprint density at radius 2 is 2.24 bits per heavy atom. The van der Waals surface area contributed by atoms with Crippen molar-refractivity contribution in [1.82, 2.24) is 4.98 Å². The van der Waals surface area contributed by atoms with Gasteiger partial charge in [0.15, 0.2) is 0 Å². The van der Waals surface area contributed by atoms with Crippen molar-refractivity contribution in [3.8, 4) is 5.75 Å². The molecule has 110 valence electrons. The number of ether oxygens (including phenoxy) is 1. The van der Waals surface area contributed by atoms with Crippen LogP contribution in [0.5, 0.6) is 5.75 Å². The molecule has 0 aliphatic heterocycles. The maximum Gasteiger partial charge on any atom is 0.258 e. The Morgan fingerprint density at radius 3 is 3.00 bits per heavy atom. The van der Waals surface area contributed by atoms with Gasteiger partial charge in [-0.25, -0.2) is 4.98 Å². The average molecular weight is 370 g/mol. The Bertz CT molecular complexity index is 649. The summed E-state index contributed by atoms with van der Waals surface area (Å²) in [7, 11) is 0. The number of aromatic nitrogens is 1. The first-order chi connectivity index (χ1) is 10.1. The molecule has 0 atom stereocenters. The van der Waals surface area contributed by atoms with Crippen molar-refractivity contribution >= 4 is 39.1 Å². The summed E-state index contributed by atoms with van der Waals surface area (Å²) in [6.45, 7) is 2.67. The number of anilines is 1. The van der Waals surface area contributed by atoms with Gasteiger partial charge in [-0.05, 0) is 40.5 Å². The van der Waals surface area contributed by atoms with E-state index < -0.39 is 0 Å². The van der Waals surface area contributed by atoms with Crippen LogP contribution in [0.4, 0.5) is 5.69 Å². The first kappa shape index (κ1) is 15.8. The van der Waals surface area contributed by atoms with E-state index in [2.05, 4.69) is 26.2 Å². The Kier molecular flexibility index (Phi) is 5.59. The van der Waals surface area contributed by atoms with E-state index in [1.165, 1.54) is 0 Å². The van der Waals surface area contributed by atoms with E-state index in [0.29, 0.717) is 28.1 Å². The minimum Gasteiger partial charge on any atom is -0.494 e. The lowest BCUT2D eigenvalue weighted by atomic mass is 10.2. The molecule has 0 spiro atoms. The second-order valence-corrected chi connectivity index (χ2v) is 5.60. The van der Waals surface area contributed by atoms with E-state index in [9.17, 15) is 4.79 Å². The van der Waals surface area contributed by atoms with Crippen molar-refractivity contribution in [2.75, 3.05) is 11.9 Å². The van der Waals surface area contributed by atoms with Crippen molar-refractivity contribution in [1.29, 1.82) is 0 Å². The lowest BCUT2D eigenvalue weighted by Crippen LogP contribution is -2.13. The highest BCUT2D eigenvalue weighted by atomic mass is 79.9. The van der Waals surface area contributed by atoms with Gasteiger partial charge >= 0.3 is 0 Å². The zero-order chi connectivity index (χ0) is 15.2. The van der Waals surface area contributed by atoms with Crippen LogP contribution in [-0.2, 0) is 0 Å². The van der Waals surface area contributed by atoms with Crippen molar-refractivity contribution in [2.24, 2.45) is 0 Å². The molecule has 2 rings (SSSR count). The van der Waals surface area contributed by atoms with Crippen LogP contribution in [0.25, 0.3) is 0 Å². The van der Waals surface area contributed by atoms with Gasteiger partial charge in [0.1, 0.15) is 10.9 Å². The van der Waals surface area contributed by atoms with E-state index in [1.54, 1.807) is 24.4 Å². The number of carbonyl (C=O) groups excluding carboxylic acids is 1. The molecule has 0 bridgehead atoms. The summed E-state index contributed by atoms with van der Waals surface area (Å²) in [6, 6.07) is 8.85. The largest absolute Gasteiger partial charge is 0.494 e. The van der Waals surface area contributed by atoms with Crippen LogP contribution in [0.1, 0.15) is 23.7 Å². The third-order valence-electron chi connectivity index (χ3n) is 2.62. The number of carbonyl (C=O) groups is 1. The fourth-order valence-electron chi connectivity index (χ4n) is 1.66. The summed E-state index contributed by atoms with van der Waals surface area (Å²) < 4.78 is 6.22. The summed E-state index contributed by atoms with van der Waals surface area (Å²) in [6.07, 6.45) is 2.47. The molecule has 0 radical (unpaired) electrons. The third kappa shape index (κ3) is 4.44. The minimum atomic E-state index is -0.318. The standard InChI is InChI=1S/C15H14BrClN2O2/c1-2-6-21-12-5-3-4-11(8-12)19-15(20)13-7-10(16)9-18-14(13)17/h3-5,7-9H,2,6H2,1H3,(H,19,20). The van der Waals surface area contributed by atoms with Crippen molar-refractivity contribution in [3.05, 3.63) is 51.7 Å². The van der Waals surface area contributed by atoms with Gasteiger partial charge in [0.25, 0.3) is 5.91 Å². The molecule has 1 amide bonds. The minimum absolute atomic E-state index is 0.161. The predicted octanol–water partition coefficient (Wildman–Crippen LogP) is 4.54. The molecule has 1 N–H and O–H groups in total. The number of halogens is 2. The van der Waals surface area contributed by atoms with Gasteiger partial charge in [0.05, 0.1) is 12.2 Å². The molecule has 1 aromatic heterocycles. The first-order valence-electron chi connectivity index (χ1n) is 6.45. The van der Waals surface area contributed by atoms with E-state index in [-0.39, 0.29) is 11.1 Å². The number of amides is 1. The zero-order valence-electron chi connectivity index (χ0n) is 11.4. The number of hydrogen-bond acceptors (Lipinski definition) is 3. The van der Waals surface area contributed by atoms with Crippen LogP contribution in [-0.4, -0.2) is 17.5 Å². The quantitative estimate of drug-likeness (QED) is 0.787. The molecule has 6 heteroatoms. The van der Waals surface area contributed by atoms with E-state index in [1.807, 2.05) is 19.1 Å². The molecule has 1 aromatic carbocycles. The predicted molar refractivity (Wildman–Crippen MR) is 87.1 cm³/mol. The van der Waals surface area contributed by atoms with Crippen LogP contribution in [0.15, 0.2) is 41.0 Å². The number of pyridine rings is 1. The molecule has 0 aliphatic rings. The van der Waals surface area contributed by atoms with E-state index in [4.69, 9.17) is 16.3 Å². The number of benzene rings is 1. The molecule has 0 unspecified atom stereocenters. The Labute approximate surface area is 136 Å². The fourth-order valence-corrected chi connectivity index (χ4v) is 2.18.